The fourth-order valence-electron chi connectivity index (χ4n) is 3.11. The van der Waals surface area contributed by atoms with Crippen LogP contribution in [-0.4, -0.2) is 37.3 Å². The summed E-state index contributed by atoms with van der Waals surface area (Å²) in [4.78, 5) is 23.4. The minimum Gasteiger partial charge on any atom is -0.465 e. The van der Waals surface area contributed by atoms with Crippen LogP contribution >= 0.6 is 0 Å². The average molecular weight is 435 g/mol. The first-order valence-electron chi connectivity index (χ1n) is 10.7. The van der Waals surface area contributed by atoms with E-state index in [2.05, 4.69) is 25.6 Å². The molecule has 0 spiro atoms. The number of carboxylic acid groups (broad SMARTS) is 1. The number of aromatic nitrogens is 4. The van der Waals surface area contributed by atoms with Crippen molar-refractivity contribution in [2.24, 2.45) is 0 Å². The summed E-state index contributed by atoms with van der Waals surface area (Å²) in [5, 5.41) is 15.1. The summed E-state index contributed by atoms with van der Waals surface area (Å²) in [6.45, 7) is 1.05. The first kappa shape index (κ1) is 21.4. The van der Waals surface area contributed by atoms with Gasteiger partial charge >= 0.3 is 6.09 Å². The van der Waals surface area contributed by atoms with Crippen LogP contribution in [0.5, 0.6) is 0 Å². The lowest BCUT2D eigenvalue weighted by atomic mass is 10.0. The predicted molar refractivity (Wildman–Crippen MR) is 122 cm³/mol. The maximum atomic E-state index is 10.5. The van der Waals surface area contributed by atoms with E-state index >= 15 is 0 Å². The number of carbonyl (C=O) groups is 1. The lowest BCUT2D eigenvalue weighted by Gasteiger charge is -2.08. The molecule has 9 heteroatoms. The molecule has 1 aliphatic rings. The number of hydrogen-bond acceptors (Lipinski definition) is 6. The van der Waals surface area contributed by atoms with Gasteiger partial charge in [0, 0.05) is 42.1 Å². The van der Waals surface area contributed by atoms with Crippen molar-refractivity contribution in [2.75, 3.05) is 11.9 Å². The Balaban J connectivity index is 0.000000552. The van der Waals surface area contributed by atoms with Gasteiger partial charge in [0.05, 0.1) is 6.20 Å². The number of fused-ring (bicyclic) bond motifs is 1. The highest BCUT2D eigenvalue weighted by Gasteiger charge is 2.07. The molecule has 5 rings (SSSR count). The number of nitrogens with zero attached hydrogens (tertiary/aromatic N) is 4. The molecular formula is C23H26N6O3. The number of amides is 1. The average Bonchev–Trinajstić information content (AvgIpc) is 3.41. The van der Waals surface area contributed by atoms with Crippen molar-refractivity contribution in [1.29, 1.82) is 0 Å². The van der Waals surface area contributed by atoms with E-state index in [1.807, 2.05) is 41.1 Å². The third-order valence-corrected chi connectivity index (χ3v) is 5.21. The molecule has 0 atom stereocenters. The highest BCUT2D eigenvalue weighted by molar-refractivity contribution is 5.77. The quantitative estimate of drug-likeness (QED) is 0.348. The van der Waals surface area contributed by atoms with Gasteiger partial charge in [-0.3, -0.25) is 0 Å². The van der Waals surface area contributed by atoms with Crippen molar-refractivity contribution in [3.8, 4) is 11.3 Å². The Morgan fingerprint density at radius 1 is 1.09 bits per heavy atom. The van der Waals surface area contributed by atoms with Crippen LogP contribution in [0.4, 0.5) is 16.4 Å². The van der Waals surface area contributed by atoms with Crippen LogP contribution < -0.4 is 10.6 Å². The highest BCUT2D eigenvalue weighted by atomic mass is 16.4. The van der Waals surface area contributed by atoms with Gasteiger partial charge in [0.25, 0.3) is 0 Å². The van der Waals surface area contributed by atoms with Gasteiger partial charge in [-0.05, 0) is 36.8 Å². The van der Waals surface area contributed by atoms with Crippen LogP contribution in [0.15, 0.2) is 59.7 Å². The molecule has 3 N–H and O–H groups in total. The second-order valence-corrected chi connectivity index (χ2v) is 7.55. The van der Waals surface area contributed by atoms with Crippen molar-refractivity contribution in [3.05, 3.63) is 55.3 Å². The Hall–Kier alpha value is -3.88. The van der Waals surface area contributed by atoms with Gasteiger partial charge in [0.1, 0.15) is 5.65 Å². The van der Waals surface area contributed by atoms with Crippen LogP contribution in [0, 0.1) is 0 Å². The first-order valence-corrected chi connectivity index (χ1v) is 10.7. The molecular weight excluding hydrogens is 408 g/mol. The first-order chi connectivity index (χ1) is 15.7. The Kier molecular flexibility index (Phi) is 6.96. The van der Waals surface area contributed by atoms with E-state index in [9.17, 15) is 4.79 Å². The molecule has 9 nitrogen and oxygen atoms in total. The van der Waals surface area contributed by atoms with Crippen molar-refractivity contribution in [3.63, 3.8) is 0 Å². The van der Waals surface area contributed by atoms with Gasteiger partial charge in [-0.15, -0.1) is 0 Å². The molecule has 1 saturated carbocycles. The summed E-state index contributed by atoms with van der Waals surface area (Å²) >= 11 is 0. The van der Waals surface area contributed by atoms with Gasteiger partial charge in [-0.2, -0.15) is 4.98 Å². The van der Waals surface area contributed by atoms with E-state index in [1.165, 1.54) is 32.1 Å². The molecule has 1 amide bonds. The maximum Gasteiger partial charge on any atom is 0.404 e. The SMILES string of the molecule is C1CCC1.O=C(O)NCCCn1ccc2cnc(Nc3ccc(-c4cnco4)cc3)nc21. The predicted octanol–water partition coefficient (Wildman–Crippen LogP) is 5.05. The van der Waals surface area contributed by atoms with Crippen LogP contribution in [0.3, 0.4) is 0 Å². The van der Waals surface area contributed by atoms with Crippen molar-refractivity contribution in [2.45, 2.75) is 38.6 Å². The molecule has 0 aliphatic heterocycles. The summed E-state index contributed by atoms with van der Waals surface area (Å²) < 4.78 is 7.27. The topological polar surface area (TPSA) is 118 Å². The second kappa shape index (κ2) is 10.4. The molecule has 1 fully saturated rings. The van der Waals surface area contributed by atoms with Gasteiger partial charge in [-0.25, -0.2) is 14.8 Å². The third kappa shape index (κ3) is 5.63. The van der Waals surface area contributed by atoms with E-state index < -0.39 is 6.09 Å². The molecule has 0 bridgehead atoms. The van der Waals surface area contributed by atoms with E-state index in [0.29, 0.717) is 31.2 Å². The minimum absolute atomic E-state index is 0.392. The largest absolute Gasteiger partial charge is 0.465 e. The van der Waals surface area contributed by atoms with Gasteiger partial charge in [0.15, 0.2) is 12.2 Å². The van der Waals surface area contributed by atoms with E-state index in [0.717, 1.165) is 22.3 Å². The molecule has 3 heterocycles. The number of hydrogen-bond donors (Lipinski definition) is 3. The maximum absolute atomic E-state index is 10.5. The molecule has 32 heavy (non-hydrogen) atoms. The fourth-order valence-corrected chi connectivity index (χ4v) is 3.11. The summed E-state index contributed by atoms with van der Waals surface area (Å²) in [6.07, 6.45) is 12.4. The molecule has 3 aromatic heterocycles. The molecule has 0 saturated heterocycles. The molecule has 1 aliphatic carbocycles. The zero-order valence-corrected chi connectivity index (χ0v) is 17.7. The van der Waals surface area contributed by atoms with Crippen molar-refractivity contribution >= 4 is 28.8 Å². The normalized spacial score (nSPS) is 12.5. The number of benzene rings is 1. The van der Waals surface area contributed by atoms with Crippen LogP contribution in [-0.2, 0) is 6.54 Å². The second-order valence-electron chi connectivity index (χ2n) is 7.55. The van der Waals surface area contributed by atoms with Crippen molar-refractivity contribution < 1.29 is 14.3 Å². The van der Waals surface area contributed by atoms with E-state index in [-0.39, 0.29) is 0 Å². The summed E-state index contributed by atoms with van der Waals surface area (Å²) in [5.74, 6) is 1.20. The number of oxazole rings is 1. The van der Waals surface area contributed by atoms with Crippen LogP contribution in [0.25, 0.3) is 22.4 Å². The van der Waals surface area contributed by atoms with E-state index in [4.69, 9.17) is 9.52 Å². The van der Waals surface area contributed by atoms with Crippen molar-refractivity contribution in [1.82, 2.24) is 24.8 Å². The Morgan fingerprint density at radius 2 is 1.88 bits per heavy atom. The molecule has 1 aromatic carbocycles. The highest BCUT2D eigenvalue weighted by Crippen LogP contribution is 2.23. The zero-order valence-electron chi connectivity index (χ0n) is 17.7. The number of anilines is 2. The Bertz CT molecular complexity index is 1130. The Labute approximate surface area is 185 Å². The molecule has 0 radical (unpaired) electrons. The summed E-state index contributed by atoms with van der Waals surface area (Å²) in [5.41, 5.74) is 2.58. The van der Waals surface area contributed by atoms with Gasteiger partial charge < -0.3 is 24.7 Å². The lowest BCUT2D eigenvalue weighted by Crippen LogP contribution is -2.22. The Morgan fingerprint density at radius 3 is 2.53 bits per heavy atom. The monoisotopic (exact) mass is 434 g/mol. The van der Waals surface area contributed by atoms with Gasteiger partial charge in [0.2, 0.25) is 5.95 Å². The molecule has 166 valence electrons. The lowest BCUT2D eigenvalue weighted by molar-refractivity contribution is 0.194. The fraction of sp³-hybridized carbons (Fsp3) is 0.304. The van der Waals surface area contributed by atoms with Crippen LogP contribution in [0.2, 0.25) is 0 Å². The third-order valence-electron chi connectivity index (χ3n) is 5.21. The summed E-state index contributed by atoms with van der Waals surface area (Å²) in [7, 11) is 0. The zero-order chi connectivity index (χ0) is 22.2. The molecule has 4 aromatic rings. The minimum atomic E-state index is -1.01. The number of aryl methyl sites for hydroxylation is 1. The standard InChI is InChI=1S/C19H18N6O3.C4H8/c26-19(27)21-7-1-8-25-9-6-14-10-22-18(24-17(14)25)23-15-4-2-13(3-5-15)16-11-20-12-28-16;1-2-4-3-1/h2-6,9-12,21H,1,7-8H2,(H,26,27)(H,22,23,24);1-4H2. The summed E-state index contributed by atoms with van der Waals surface area (Å²) in [6, 6.07) is 9.64. The molecule has 0 unspecified atom stereocenters. The number of nitrogens with one attached hydrogen (secondary N) is 2. The van der Waals surface area contributed by atoms with Gasteiger partial charge in [-0.1, -0.05) is 25.7 Å². The van der Waals surface area contributed by atoms with E-state index in [1.54, 1.807) is 12.4 Å². The van der Waals surface area contributed by atoms with Crippen LogP contribution in [0.1, 0.15) is 32.1 Å². The smallest absolute Gasteiger partial charge is 0.404 e. The number of rotatable bonds is 7.